The topological polar surface area (TPSA) is 76.4 Å². The Bertz CT molecular complexity index is 410. The fourth-order valence-corrected chi connectivity index (χ4v) is 1.91. The highest BCUT2D eigenvalue weighted by molar-refractivity contribution is 5.77. The van der Waals surface area contributed by atoms with Gasteiger partial charge in [0.2, 0.25) is 5.91 Å². The molecule has 17 heavy (non-hydrogen) atoms. The molecule has 5 heteroatoms. The molecule has 1 saturated heterocycles. The van der Waals surface area contributed by atoms with Crippen molar-refractivity contribution in [2.45, 2.75) is 18.9 Å². The number of methoxy groups -OCH3 is 1. The summed E-state index contributed by atoms with van der Waals surface area (Å²) in [5, 5.41) is 6.17. The number of amides is 1. The molecule has 0 saturated carbocycles. The van der Waals surface area contributed by atoms with Gasteiger partial charge in [0, 0.05) is 42.5 Å². The maximum atomic E-state index is 11.0. The summed E-state index contributed by atoms with van der Waals surface area (Å²) >= 11 is 0. The van der Waals surface area contributed by atoms with E-state index in [1.165, 1.54) is 0 Å². The van der Waals surface area contributed by atoms with Crippen LogP contribution >= 0.6 is 0 Å². The lowest BCUT2D eigenvalue weighted by molar-refractivity contribution is -0.122. The zero-order valence-electron chi connectivity index (χ0n) is 9.82. The number of hydrogen-bond acceptors (Lipinski definition) is 4. The fourth-order valence-electron chi connectivity index (χ4n) is 1.91. The van der Waals surface area contributed by atoms with Crippen molar-refractivity contribution in [2.24, 2.45) is 0 Å². The zero-order chi connectivity index (χ0) is 12.3. The molecule has 0 radical (unpaired) electrons. The number of nitrogen functional groups attached to an aromatic ring is 1. The number of anilines is 2. The summed E-state index contributed by atoms with van der Waals surface area (Å²) in [4.78, 5) is 11.0. The maximum Gasteiger partial charge on any atom is 0.220 e. The molecule has 5 nitrogen and oxygen atoms in total. The molecule has 0 spiro atoms. The van der Waals surface area contributed by atoms with Crippen LogP contribution in [0.15, 0.2) is 18.2 Å². The van der Waals surface area contributed by atoms with Crippen LogP contribution in [0.1, 0.15) is 12.8 Å². The van der Waals surface area contributed by atoms with E-state index in [1.807, 2.05) is 12.1 Å². The second-order valence-corrected chi connectivity index (χ2v) is 4.18. The van der Waals surface area contributed by atoms with E-state index in [9.17, 15) is 4.79 Å². The number of benzene rings is 1. The van der Waals surface area contributed by atoms with Gasteiger partial charge in [-0.15, -0.1) is 0 Å². The molecular formula is C12H17N3O2. The van der Waals surface area contributed by atoms with E-state index in [2.05, 4.69) is 10.6 Å². The number of nitrogens with one attached hydrogen (secondary N) is 2. The molecule has 92 valence electrons. The first-order valence-electron chi connectivity index (χ1n) is 5.65. The van der Waals surface area contributed by atoms with Gasteiger partial charge in [0.05, 0.1) is 7.11 Å². The number of carbonyl (C=O) groups excluding carboxylic acids is 1. The normalized spacial score (nSPS) is 19.6. The standard InChI is InChI=1S/C12H17N3O2/c1-17-11-5-8(13)4-10(6-11)15-9-2-3-12(16)14-7-9/h4-6,9,15H,2-3,7,13H2,1H3,(H,14,16). The molecule has 1 unspecified atom stereocenters. The molecule has 1 aliphatic heterocycles. The second kappa shape index (κ2) is 4.95. The third-order valence-electron chi connectivity index (χ3n) is 2.80. The average molecular weight is 235 g/mol. The van der Waals surface area contributed by atoms with Crippen molar-refractivity contribution < 1.29 is 9.53 Å². The van der Waals surface area contributed by atoms with E-state index in [0.29, 0.717) is 18.7 Å². The van der Waals surface area contributed by atoms with Crippen LogP contribution in [0.5, 0.6) is 5.75 Å². The fraction of sp³-hybridized carbons (Fsp3) is 0.417. The summed E-state index contributed by atoms with van der Waals surface area (Å²) < 4.78 is 5.15. The molecule has 1 aromatic rings. The minimum Gasteiger partial charge on any atom is -0.497 e. The molecule has 0 aromatic heterocycles. The third kappa shape index (κ3) is 3.03. The molecule has 1 aliphatic rings. The molecule has 2 rings (SSSR count). The van der Waals surface area contributed by atoms with Gasteiger partial charge >= 0.3 is 0 Å². The Morgan fingerprint density at radius 2 is 2.29 bits per heavy atom. The van der Waals surface area contributed by atoms with E-state index in [-0.39, 0.29) is 11.9 Å². The summed E-state index contributed by atoms with van der Waals surface area (Å²) in [5.41, 5.74) is 7.35. The van der Waals surface area contributed by atoms with Crippen molar-refractivity contribution in [2.75, 3.05) is 24.7 Å². The molecule has 0 aliphatic carbocycles. The van der Waals surface area contributed by atoms with Gasteiger partial charge in [0.25, 0.3) is 0 Å². The lowest BCUT2D eigenvalue weighted by Crippen LogP contribution is -2.41. The zero-order valence-corrected chi connectivity index (χ0v) is 9.82. The Hall–Kier alpha value is -1.91. The highest BCUT2D eigenvalue weighted by Gasteiger charge is 2.17. The Morgan fingerprint density at radius 3 is 2.94 bits per heavy atom. The number of hydrogen-bond donors (Lipinski definition) is 3. The van der Waals surface area contributed by atoms with Gasteiger partial charge in [-0.05, 0) is 12.5 Å². The average Bonchev–Trinajstić information content (AvgIpc) is 2.31. The molecule has 0 bridgehead atoms. The van der Waals surface area contributed by atoms with Crippen molar-refractivity contribution in [1.82, 2.24) is 5.32 Å². The third-order valence-corrected chi connectivity index (χ3v) is 2.80. The first kappa shape index (κ1) is 11.6. The largest absolute Gasteiger partial charge is 0.497 e. The van der Waals surface area contributed by atoms with Crippen molar-refractivity contribution in [3.05, 3.63) is 18.2 Å². The van der Waals surface area contributed by atoms with Gasteiger partial charge in [0.1, 0.15) is 5.75 Å². The van der Waals surface area contributed by atoms with E-state index in [1.54, 1.807) is 13.2 Å². The first-order valence-corrected chi connectivity index (χ1v) is 5.65. The van der Waals surface area contributed by atoms with Gasteiger partial charge < -0.3 is 21.1 Å². The number of rotatable bonds is 3. The molecule has 1 atom stereocenters. The van der Waals surface area contributed by atoms with Gasteiger partial charge in [-0.1, -0.05) is 0 Å². The number of nitrogens with two attached hydrogens (primary N) is 1. The summed E-state index contributed by atoms with van der Waals surface area (Å²) in [5.74, 6) is 0.848. The van der Waals surface area contributed by atoms with Crippen molar-refractivity contribution >= 4 is 17.3 Å². The van der Waals surface area contributed by atoms with Gasteiger partial charge in [-0.3, -0.25) is 4.79 Å². The number of carbonyl (C=O) groups is 1. The molecule has 1 fully saturated rings. The van der Waals surface area contributed by atoms with Crippen LogP contribution in [-0.4, -0.2) is 25.6 Å². The highest BCUT2D eigenvalue weighted by atomic mass is 16.5. The second-order valence-electron chi connectivity index (χ2n) is 4.18. The minimum atomic E-state index is 0.119. The van der Waals surface area contributed by atoms with Gasteiger partial charge in [0.15, 0.2) is 0 Å². The lowest BCUT2D eigenvalue weighted by Gasteiger charge is -2.24. The van der Waals surface area contributed by atoms with Crippen LogP contribution in [0, 0.1) is 0 Å². The van der Waals surface area contributed by atoms with E-state index < -0.39 is 0 Å². The molecule has 4 N–H and O–H groups in total. The summed E-state index contributed by atoms with van der Waals surface area (Å²) in [6.07, 6.45) is 1.40. The highest BCUT2D eigenvalue weighted by Crippen LogP contribution is 2.23. The van der Waals surface area contributed by atoms with E-state index >= 15 is 0 Å². The monoisotopic (exact) mass is 235 g/mol. The Kier molecular flexibility index (Phi) is 3.37. The lowest BCUT2D eigenvalue weighted by atomic mass is 10.1. The van der Waals surface area contributed by atoms with Crippen LogP contribution in [0.25, 0.3) is 0 Å². The van der Waals surface area contributed by atoms with Crippen LogP contribution in [-0.2, 0) is 4.79 Å². The van der Waals surface area contributed by atoms with Crippen LogP contribution in [0.3, 0.4) is 0 Å². The van der Waals surface area contributed by atoms with Gasteiger partial charge in [-0.2, -0.15) is 0 Å². The Morgan fingerprint density at radius 1 is 1.47 bits per heavy atom. The van der Waals surface area contributed by atoms with E-state index in [4.69, 9.17) is 10.5 Å². The first-order chi connectivity index (χ1) is 8.17. The van der Waals surface area contributed by atoms with Crippen molar-refractivity contribution in [3.63, 3.8) is 0 Å². The quantitative estimate of drug-likeness (QED) is 0.682. The minimum absolute atomic E-state index is 0.119. The van der Waals surface area contributed by atoms with E-state index in [0.717, 1.165) is 17.9 Å². The maximum absolute atomic E-state index is 11.0. The summed E-state index contributed by atoms with van der Waals surface area (Å²) in [6, 6.07) is 5.78. The van der Waals surface area contributed by atoms with Crippen molar-refractivity contribution in [1.29, 1.82) is 0 Å². The van der Waals surface area contributed by atoms with Crippen LogP contribution in [0.2, 0.25) is 0 Å². The van der Waals surface area contributed by atoms with Crippen LogP contribution in [0.4, 0.5) is 11.4 Å². The molecular weight excluding hydrogens is 218 g/mol. The molecule has 1 aromatic carbocycles. The predicted molar refractivity (Wildman–Crippen MR) is 67.1 cm³/mol. The Labute approximate surface area is 100 Å². The molecule has 1 amide bonds. The Balaban J connectivity index is 2.02. The summed E-state index contributed by atoms with van der Waals surface area (Å²) in [6.45, 7) is 0.649. The van der Waals surface area contributed by atoms with Crippen molar-refractivity contribution in [3.8, 4) is 5.75 Å². The summed E-state index contributed by atoms with van der Waals surface area (Å²) in [7, 11) is 1.61. The van der Waals surface area contributed by atoms with Crippen LogP contribution < -0.4 is 21.1 Å². The number of ether oxygens (including phenoxy) is 1. The van der Waals surface area contributed by atoms with Gasteiger partial charge in [-0.25, -0.2) is 0 Å². The smallest absolute Gasteiger partial charge is 0.220 e. The number of piperidine rings is 1. The molecule has 1 heterocycles. The predicted octanol–water partition coefficient (Wildman–Crippen LogP) is 0.968. The SMILES string of the molecule is COc1cc(N)cc(NC2CCC(=O)NC2)c1.